The van der Waals surface area contributed by atoms with Crippen LogP contribution in [-0.4, -0.2) is 47.9 Å². The van der Waals surface area contributed by atoms with E-state index in [0.717, 1.165) is 43.5 Å². The molecule has 1 unspecified atom stereocenters. The van der Waals surface area contributed by atoms with Gasteiger partial charge in [-0.05, 0) is 85.5 Å². The van der Waals surface area contributed by atoms with Crippen molar-refractivity contribution in [3.05, 3.63) is 94.3 Å². The van der Waals surface area contributed by atoms with E-state index in [4.69, 9.17) is 11.6 Å². The number of nitrogens with zero attached hydrogens (tertiary/aromatic N) is 3. The van der Waals surface area contributed by atoms with E-state index in [-0.39, 0.29) is 29.3 Å². The molecule has 1 fully saturated rings. The van der Waals surface area contributed by atoms with Gasteiger partial charge in [-0.1, -0.05) is 49.7 Å². The smallest absolute Gasteiger partial charge is 0.253 e. The standard InChI is InChI=1S/C33H39ClN4O2/c1-32(2)21-29(36-31(40)33(3,4)27-8-6-7-9-28(27)34)25-20-22(10-11-26(25)32)30(39)37(5)23-14-18-38(19-15-23)24-12-16-35-17-13-24/h6-13,16-17,20,23,29H,14-15,18-19,21H2,1-5H3,(H,36,40). The number of rotatable bonds is 6. The minimum absolute atomic E-state index is 0.0244. The number of piperidine rings is 1. The highest BCUT2D eigenvalue weighted by Crippen LogP contribution is 2.45. The zero-order valence-corrected chi connectivity index (χ0v) is 24.8. The summed E-state index contributed by atoms with van der Waals surface area (Å²) in [5.41, 5.74) is 3.93. The van der Waals surface area contributed by atoms with Crippen LogP contribution in [-0.2, 0) is 15.6 Å². The summed E-state index contributed by atoms with van der Waals surface area (Å²) in [6.07, 6.45) is 6.24. The molecule has 0 bridgehead atoms. The average molecular weight is 559 g/mol. The molecule has 1 saturated heterocycles. The SMILES string of the molecule is CN(C(=O)c1ccc2c(c1)C(NC(=O)C(C)(C)c1ccccc1Cl)CC2(C)C)C1CCN(c2ccncc2)CC1. The molecule has 1 aliphatic carbocycles. The van der Waals surface area contributed by atoms with Gasteiger partial charge in [-0.2, -0.15) is 0 Å². The highest BCUT2D eigenvalue weighted by atomic mass is 35.5. The van der Waals surface area contributed by atoms with Crippen LogP contribution in [0.15, 0.2) is 67.0 Å². The number of benzene rings is 2. The number of carbonyl (C=O) groups excluding carboxylic acids is 2. The largest absolute Gasteiger partial charge is 0.371 e. The van der Waals surface area contributed by atoms with Gasteiger partial charge in [0, 0.05) is 54.8 Å². The van der Waals surface area contributed by atoms with Gasteiger partial charge in [0.25, 0.3) is 5.91 Å². The van der Waals surface area contributed by atoms with E-state index in [2.05, 4.69) is 35.1 Å². The molecule has 7 heteroatoms. The third kappa shape index (κ3) is 5.34. The Balaban J connectivity index is 1.31. The number of pyridine rings is 1. The van der Waals surface area contributed by atoms with Gasteiger partial charge >= 0.3 is 0 Å². The molecule has 0 saturated carbocycles. The average Bonchev–Trinajstić information content (AvgIpc) is 3.21. The Morgan fingerprint density at radius 3 is 2.40 bits per heavy atom. The van der Waals surface area contributed by atoms with Gasteiger partial charge in [-0.3, -0.25) is 14.6 Å². The zero-order valence-electron chi connectivity index (χ0n) is 24.1. The lowest BCUT2D eigenvalue weighted by molar-refractivity contribution is -0.126. The Hall–Kier alpha value is -3.38. The molecular weight excluding hydrogens is 520 g/mol. The van der Waals surface area contributed by atoms with Crippen molar-refractivity contribution in [1.29, 1.82) is 0 Å². The molecule has 2 heterocycles. The predicted molar refractivity (Wildman–Crippen MR) is 161 cm³/mol. The van der Waals surface area contributed by atoms with Crippen LogP contribution >= 0.6 is 11.6 Å². The Morgan fingerprint density at radius 1 is 1.05 bits per heavy atom. The van der Waals surface area contributed by atoms with E-state index in [1.54, 1.807) is 0 Å². The highest BCUT2D eigenvalue weighted by molar-refractivity contribution is 6.31. The number of hydrogen-bond acceptors (Lipinski definition) is 4. The fourth-order valence-corrected chi connectivity index (χ4v) is 6.70. The van der Waals surface area contributed by atoms with Crippen LogP contribution in [0.25, 0.3) is 0 Å². The highest BCUT2D eigenvalue weighted by Gasteiger charge is 2.41. The quantitative estimate of drug-likeness (QED) is 0.386. The zero-order chi connectivity index (χ0) is 28.7. The molecule has 2 amide bonds. The Bertz CT molecular complexity index is 1400. The van der Waals surface area contributed by atoms with Crippen molar-refractivity contribution in [1.82, 2.24) is 15.2 Å². The summed E-state index contributed by atoms with van der Waals surface area (Å²) in [6.45, 7) is 10.0. The molecule has 1 aliphatic heterocycles. The van der Waals surface area contributed by atoms with Gasteiger partial charge in [-0.25, -0.2) is 0 Å². The van der Waals surface area contributed by atoms with E-state index < -0.39 is 5.41 Å². The maximum atomic E-state index is 13.7. The Kier molecular flexibility index (Phi) is 7.66. The number of amides is 2. The second kappa shape index (κ2) is 10.9. The number of carbonyl (C=O) groups is 2. The second-order valence-electron chi connectivity index (χ2n) is 12.4. The van der Waals surface area contributed by atoms with Gasteiger partial charge in [0.1, 0.15) is 0 Å². The predicted octanol–water partition coefficient (Wildman–Crippen LogP) is 6.29. The van der Waals surface area contributed by atoms with E-state index in [1.807, 2.05) is 86.7 Å². The minimum Gasteiger partial charge on any atom is -0.371 e. The lowest BCUT2D eigenvalue weighted by atomic mass is 9.83. The van der Waals surface area contributed by atoms with Crippen LogP contribution < -0.4 is 10.2 Å². The first-order valence-corrected chi connectivity index (χ1v) is 14.5. The molecule has 210 valence electrons. The summed E-state index contributed by atoms with van der Waals surface area (Å²) in [5.74, 6) is -0.0552. The molecule has 1 N–H and O–H groups in total. The molecule has 3 aromatic rings. The molecule has 40 heavy (non-hydrogen) atoms. The summed E-state index contributed by atoms with van der Waals surface area (Å²) in [7, 11) is 1.91. The van der Waals surface area contributed by atoms with Crippen molar-refractivity contribution >= 4 is 29.1 Å². The van der Waals surface area contributed by atoms with Gasteiger partial charge in [0.15, 0.2) is 0 Å². The molecule has 1 aromatic heterocycles. The number of aromatic nitrogens is 1. The van der Waals surface area contributed by atoms with E-state index >= 15 is 0 Å². The molecule has 2 aromatic carbocycles. The summed E-state index contributed by atoms with van der Waals surface area (Å²) in [5, 5.41) is 3.88. The topological polar surface area (TPSA) is 65.5 Å². The van der Waals surface area contributed by atoms with Crippen LogP contribution in [0.1, 0.15) is 80.0 Å². The molecule has 5 rings (SSSR count). The van der Waals surface area contributed by atoms with Crippen LogP contribution in [0.3, 0.4) is 0 Å². The van der Waals surface area contributed by atoms with Crippen LogP contribution in [0.4, 0.5) is 5.69 Å². The summed E-state index contributed by atoms with van der Waals surface area (Å²) in [6, 6.07) is 17.6. The Morgan fingerprint density at radius 2 is 1.73 bits per heavy atom. The first-order chi connectivity index (χ1) is 19.0. The van der Waals surface area contributed by atoms with Gasteiger partial charge in [0.2, 0.25) is 5.91 Å². The summed E-state index contributed by atoms with van der Waals surface area (Å²) >= 11 is 6.46. The third-order valence-electron chi connectivity index (χ3n) is 8.90. The minimum atomic E-state index is -0.802. The van der Waals surface area contributed by atoms with E-state index in [0.29, 0.717) is 10.6 Å². The first kappa shape index (κ1) is 28.2. The number of halogens is 1. The monoisotopic (exact) mass is 558 g/mol. The molecule has 0 spiro atoms. The number of hydrogen-bond donors (Lipinski definition) is 1. The molecule has 1 atom stereocenters. The van der Waals surface area contributed by atoms with Crippen molar-refractivity contribution in [2.45, 2.75) is 69.9 Å². The van der Waals surface area contributed by atoms with E-state index in [1.165, 1.54) is 11.3 Å². The van der Waals surface area contributed by atoms with Crippen molar-refractivity contribution in [3.8, 4) is 0 Å². The maximum absolute atomic E-state index is 13.7. The second-order valence-corrected chi connectivity index (χ2v) is 12.8. The summed E-state index contributed by atoms with van der Waals surface area (Å²) in [4.78, 5) is 35.6. The van der Waals surface area contributed by atoms with Crippen LogP contribution in [0, 0.1) is 0 Å². The van der Waals surface area contributed by atoms with Crippen LogP contribution in [0.5, 0.6) is 0 Å². The van der Waals surface area contributed by atoms with Gasteiger partial charge < -0.3 is 15.1 Å². The third-order valence-corrected chi connectivity index (χ3v) is 9.23. The Labute approximate surface area is 242 Å². The first-order valence-electron chi connectivity index (χ1n) is 14.1. The van der Waals surface area contributed by atoms with Crippen molar-refractivity contribution in [2.75, 3.05) is 25.0 Å². The molecule has 2 aliphatic rings. The number of anilines is 1. The molecule has 6 nitrogen and oxygen atoms in total. The fourth-order valence-electron chi connectivity index (χ4n) is 6.32. The molecule has 0 radical (unpaired) electrons. The van der Waals surface area contributed by atoms with Crippen LogP contribution in [0.2, 0.25) is 5.02 Å². The van der Waals surface area contributed by atoms with Crippen molar-refractivity contribution in [3.63, 3.8) is 0 Å². The van der Waals surface area contributed by atoms with Gasteiger partial charge in [-0.15, -0.1) is 0 Å². The lowest BCUT2D eigenvalue weighted by Crippen LogP contribution is -2.45. The summed E-state index contributed by atoms with van der Waals surface area (Å²) < 4.78 is 0. The number of nitrogens with one attached hydrogen (secondary N) is 1. The lowest BCUT2D eigenvalue weighted by Gasteiger charge is -2.38. The van der Waals surface area contributed by atoms with Crippen molar-refractivity contribution < 1.29 is 9.59 Å². The normalized spacial score (nSPS) is 18.8. The van der Waals surface area contributed by atoms with Gasteiger partial charge in [0.05, 0.1) is 11.5 Å². The maximum Gasteiger partial charge on any atom is 0.253 e. The van der Waals surface area contributed by atoms with E-state index in [9.17, 15) is 9.59 Å². The van der Waals surface area contributed by atoms with Crippen molar-refractivity contribution in [2.24, 2.45) is 0 Å². The number of fused-ring (bicyclic) bond motifs is 1. The molecular formula is C33H39ClN4O2. The fraction of sp³-hybridized carbons (Fsp3) is 0.424.